The molecule has 0 atom stereocenters. The van der Waals surface area contributed by atoms with Gasteiger partial charge in [-0.3, -0.25) is 0 Å². The van der Waals surface area contributed by atoms with Crippen LogP contribution in [0.15, 0.2) is 16.8 Å². The summed E-state index contributed by atoms with van der Waals surface area (Å²) in [6.45, 7) is 0. The maximum atomic E-state index is 11.2. The molecular formula is C11H6O6S2. The average Bonchev–Trinajstić information content (AvgIpc) is 2.94. The molecule has 0 unspecified atom stereocenters. The molecule has 0 amide bonds. The molecule has 0 aromatic carbocycles. The molecule has 2 rings (SSSR count). The van der Waals surface area contributed by atoms with Crippen molar-refractivity contribution in [2.24, 2.45) is 0 Å². The molecule has 2 heterocycles. The lowest BCUT2D eigenvalue weighted by molar-refractivity contribution is 0.0653. The van der Waals surface area contributed by atoms with Gasteiger partial charge in [0.05, 0.1) is 26.4 Å². The molecule has 19 heavy (non-hydrogen) atoms. The van der Waals surface area contributed by atoms with Crippen molar-refractivity contribution in [3.8, 4) is 9.75 Å². The Hall–Kier alpha value is -2.19. The summed E-state index contributed by atoms with van der Waals surface area (Å²) < 4.78 is 0. The quantitative estimate of drug-likeness (QED) is 0.799. The van der Waals surface area contributed by atoms with Crippen molar-refractivity contribution in [3.05, 3.63) is 33.5 Å². The van der Waals surface area contributed by atoms with Crippen molar-refractivity contribution in [2.45, 2.75) is 0 Å². The fraction of sp³-hybridized carbons (Fsp3) is 0. The molecule has 0 spiro atoms. The summed E-state index contributed by atoms with van der Waals surface area (Å²) in [7, 11) is 0. The maximum Gasteiger partial charge on any atom is 0.338 e. The second-order valence-corrected chi connectivity index (χ2v) is 5.23. The summed E-state index contributed by atoms with van der Waals surface area (Å²) in [6, 6.07) is 1.36. The van der Waals surface area contributed by atoms with Gasteiger partial charge in [-0.05, 0) is 11.4 Å². The number of carboxylic acids is 3. The van der Waals surface area contributed by atoms with E-state index >= 15 is 0 Å². The largest absolute Gasteiger partial charge is 0.478 e. The number of hydrogen-bond acceptors (Lipinski definition) is 5. The first-order chi connectivity index (χ1) is 8.93. The zero-order valence-corrected chi connectivity index (χ0v) is 10.7. The molecule has 8 heteroatoms. The Balaban J connectivity index is 2.69. The molecule has 0 aliphatic heterocycles. The molecule has 2 aromatic rings. The van der Waals surface area contributed by atoms with E-state index in [9.17, 15) is 14.4 Å². The van der Waals surface area contributed by atoms with Gasteiger partial charge in [-0.1, -0.05) is 0 Å². The Kier molecular flexibility index (Phi) is 3.36. The highest BCUT2D eigenvalue weighted by Gasteiger charge is 2.26. The van der Waals surface area contributed by atoms with Crippen LogP contribution in [0.2, 0.25) is 0 Å². The fourth-order valence-electron chi connectivity index (χ4n) is 1.55. The second kappa shape index (κ2) is 4.82. The van der Waals surface area contributed by atoms with Gasteiger partial charge in [0.15, 0.2) is 0 Å². The molecule has 6 nitrogen and oxygen atoms in total. The van der Waals surface area contributed by atoms with Gasteiger partial charge in [0.25, 0.3) is 0 Å². The fourth-order valence-corrected chi connectivity index (χ4v) is 3.66. The zero-order chi connectivity index (χ0) is 14.2. The van der Waals surface area contributed by atoms with Crippen LogP contribution in [0.4, 0.5) is 0 Å². The molecule has 0 saturated carbocycles. The summed E-state index contributed by atoms with van der Waals surface area (Å²) in [5.41, 5.74) is -0.744. The number of carboxylic acid groups (broad SMARTS) is 3. The minimum Gasteiger partial charge on any atom is -0.478 e. The molecule has 2 aromatic heterocycles. The Labute approximate surface area is 114 Å². The Bertz CT molecular complexity index is 681. The molecule has 0 bridgehead atoms. The minimum absolute atomic E-state index is 0.0358. The van der Waals surface area contributed by atoms with Crippen LogP contribution < -0.4 is 0 Å². The first kappa shape index (κ1) is 13.2. The molecule has 0 saturated heterocycles. The SMILES string of the molecule is O=C(O)c1ccsc1-c1scc(C(=O)O)c1C(=O)O. The summed E-state index contributed by atoms with van der Waals surface area (Å²) in [4.78, 5) is 33.6. The van der Waals surface area contributed by atoms with Crippen LogP contribution in [0.3, 0.4) is 0 Å². The van der Waals surface area contributed by atoms with E-state index in [1.54, 1.807) is 0 Å². The van der Waals surface area contributed by atoms with E-state index in [1.165, 1.54) is 16.8 Å². The highest BCUT2D eigenvalue weighted by atomic mass is 32.1. The summed E-state index contributed by atoms with van der Waals surface area (Å²) >= 11 is 1.97. The monoisotopic (exact) mass is 298 g/mol. The number of carbonyl (C=O) groups is 3. The number of hydrogen-bond donors (Lipinski definition) is 3. The lowest BCUT2D eigenvalue weighted by atomic mass is 10.1. The van der Waals surface area contributed by atoms with Crippen LogP contribution in [0.5, 0.6) is 0 Å². The summed E-state index contributed by atoms with van der Waals surface area (Å²) in [6.07, 6.45) is 0. The van der Waals surface area contributed by atoms with E-state index in [-0.39, 0.29) is 26.4 Å². The third-order valence-corrected chi connectivity index (χ3v) is 4.40. The van der Waals surface area contributed by atoms with Gasteiger partial charge in [-0.2, -0.15) is 0 Å². The average molecular weight is 298 g/mol. The Morgan fingerprint density at radius 2 is 1.47 bits per heavy atom. The van der Waals surface area contributed by atoms with Crippen molar-refractivity contribution in [2.75, 3.05) is 0 Å². The predicted molar refractivity (Wildman–Crippen MR) is 68.5 cm³/mol. The van der Waals surface area contributed by atoms with Gasteiger partial charge in [0.2, 0.25) is 0 Å². The molecule has 0 radical (unpaired) electrons. The first-order valence-electron chi connectivity index (χ1n) is 4.82. The predicted octanol–water partition coefficient (Wildman–Crippen LogP) is 2.57. The Morgan fingerprint density at radius 1 is 0.842 bits per heavy atom. The topological polar surface area (TPSA) is 112 Å². The zero-order valence-electron chi connectivity index (χ0n) is 9.11. The van der Waals surface area contributed by atoms with Crippen LogP contribution >= 0.6 is 22.7 Å². The van der Waals surface area contributed by atoms with Crippen molar-refractivity contribution in [1.82, 2.24) is 0 Å². The summed E-state index contributed by atoms with van der Waals surface area (Å²) in [5.74, 6) is -3.93. The number of rotatable bonds is 4. The molecular weight excluding hydrogens is 292 g/mol. The molecule has 0 aliphatic carbocycles. The van der Waals surface area contributed by atoms with Crippen molar-refractivity contribution in [3.63, 3.8) is 0 Å². The third kappa shape index (κ3) is 2.23. The lowest BCUT2D eigenvalue weighted by Crippen LogP contribution is -2.06. The van der Waals surface area contributed by atoms with E-state index in [2.05, 4.69) is 0 Å². The van der Waals surface area contributed by atoms with Crippen molar-refractivity contribution < 1.29 is 29.7 Å². The highest BCUT2D eigenvalue weighted by molar-refractivity contribution is 7.21. The van der Waals surface area contributed by atoms with Crippen LogP contribution in [0, 0.1) is 0 Å². The molecule has 98 valence electrons. The van der Waals surface area contributed by atoms with Crippen molar-refractivity contribution >= 4 is 40.6 Å². The standard InChI is InChI=1S/C11H6O6S2/c12-9(13)4-1-2-18-7(4)8-6(11(16)17)5(3-19-8)10(14)15/h1-3H,(H,12,13)(H,14,15)(H,16,17). The normalized spacial score (nSPS) is 10.3. The van der Waals surface area contributed by atoms with Gasteiger partial charge in [0, 0.05) is 5.38 Å². The molecule has 0 fully saturated rings. The van der Waals surface area contributed by atoms with Crippen molar-refractivity contribution in [1.29, 1.82) is 0 Å². The van der Waals surface area contributed by atoms with Gasteiger partial charge in [-0.15, -0.1) is 22.7 Å². The molecule has 0 aliphatic rings. The van der Waals surface area contributed by atoms with Gasteiger partial charge in [0.1, 0.15) is 0 Å². The van der Waals surface area contributed by atoms with Gasteiger partial charge >= 0.3 is 17.9 Å². The van der Waals surface area contributed by atoms with Crippen LogP contribution in [0.25, 0.3) is 9.75 Å². The highest BCUT2D eigenvalue weighted by Crippen LogP contribution is 2.38. The molecule has 3 N–H and O–H groups in total. The van der Waals surface area contributed by atoms with E-state index in [1.807, 2.05) is 0 Å². The number of aromatic carboxylic acids is 3. The minimum atomic E-state index is -1.39. The summed E-state index contributed by atoms with van der Waals surface area (Å²) in [5, 5.41) is 29.8. The van der Waals surface area contributed by atoms with Gasteiger partial charge in [-0.25, -0.2) is 14.4 Å². The van der Waals surface area contributed by atoms with Crippen LogP contribution in [-0.4, -0.2) is 33.2 Å². The lowest BCUT2D eigenvalue weighted by Gasteiger charge is -2.00. The van der Waals surface area contributed by atoms with E-state index < -0.39 is 17.9 Å². The number of thiophene rings is 2. The maximum absolute atomic E-state index is 11.2. The van der Waals surface area contributed by atoms with Crippen LogP contribution in [0.1, 0.15) is 31.1 Å². The van der Waals surface area contributed by atoms with Crippen LogP contribution in [-0.2, 0) is 0 Å². The van der Waals surface area contributed by atoms with E-state index in [0.29, 0.717) is 0 Å². The van der Waals surface area contributed by atoms with Gasteiger partial charge < -0.3 is 15.3 Å². The first-order valence-corrected chi connectivity index (χ1v) is 6.58. The second-order valence-electron chi connectivity index (χ2n) is 3.43. The Morgan fingerprint density at radius 3 is 2.00 bits per heavy atom. The smallest absolute Gasteiger partial charge is 0.338 e. The van der Waals surface area contributed by atoms with E-state index in [0.717, 1.165) is 22.7 Å². The van der Waals surface area contributed by atoms with E-state index in [4.69, 9.17) is 15.3 Å². The third-order valence-electron chi connectivity index (χ3n) is 2.34.